The number of hydrogen-bond donors (Lipinski definition) is 0. The van der Waals surface area contributed by atoms with Gasteiger partial charge in [0.05, 0.1) is 17.2 Å². The molecular formula is C15H26BN2O2. The van der Waals surface area contributed by atoms with E-state index in [1.165, 1.54) is 0 Å². The van der Waals surface area contributed by atoms with Crippen LogP contribution in [-0.2, 0) is 9.31 Å². The van der Waals surface area contributed by atoms with E-state index < -0.39 is 0 Å². The number of nitrogens with zero attached hydrogens (tertiary/aromatic N) is 2. The summed E-state index contributed by atoms with van der Waals surface area (Å²) in [6.45, 7) is 16.6. The standard InChI is InChI=1S/C15H26BN2O2/c1-8-13(11(2)3)18-10-12(9-17-18)16-19-14(4,5)15(6,7)20-16/h9-11,13H,1,8H2,2-7H3. The summed E-state index contributed by atoms with van der Waals surface area (Å²) >= 11 is 0. The van der Waals surface area contributed by atoms with Gasteiger partial charge in [-0.15, -0.1) is 0 Å². The third-order valence-electron chi connectivity index (χ3n) is 4.55. The van der Waals surface area contributed by atoms with Crippen LogP contribution in [-0.4, -0.2) is 28.1 Å². The summed E-state index contributed by atoms with van der Waals surface area (Å²) in [5, 5.41) is 4.47. The normalized spacial score (nSPS) is 22.5. The fourth-order valence-electron chi connectivity index (χ4n) is 2.41. The first kappa shape index (κ1) is 15.6. The Kier molecular flexibility index (Phi) is 4.04. The summed E-state index contributed by atoms with van der Waals surface area (Å²) in [5.41, 5.74) is 0.343. The summed E-state index contributed by atoms with van der Waals surface area (Å²) < 4.78 is 14.1. The first-order valence-corrected chi connectivity index (χ1v) is 7.37. The Labute approximate surface area is 123 Å². The second kappa shape index (κ2) is 5.19. The van der Waals surface area contributed by atoms with E-state index >= 15 is 0 Å². The Balaban J connectivity index is 2.19. The molecule has 0 amide bonds. The summed E-state index contributed by atoms with van der Waals surface area (Å²) in [4.78, 5) is 0. The molecule has 0 bridgehead atoms. The molecule has 20 heavy (non-hydrogen) atoms. The molecule has 0 spiro atoms. The van der Waals surface area contributed by atoms with E-state index in [9.17, 15) is 0 Å². The zero-order valence-corrected chi connectivity index (χ0v) is 13.5. The van der Waals surface area contributed by atoms with Gasteiger partial charge in [0.15, 0.2) is 0 Å². The first-order chi connectivity index (χ1) is 9.18. The van der Waals surface area contributed by atoms with Crippen molar-refractivity contribution in [1.82, 2.24) is 9.78 Å². The molecule has 5 heteroatoms. The molecule has 1 aromatic heterocycles. The van der Waals surface area contributed by atoms with Crippen LogP contribution in [0.2, 0.25) is 0 Å². The lowest BCUT2D eigenvalue weighted by Crippen LogP contribution is -2.41. The maximum atomic E-state index is 6.05. The minimum atomic E-state index is -0.341. The quantitative estimate of drug-likeness (QED) is 0.794. The molecule has 1 radical (unpaired) electrons. The van der Waals surface area contributed by atoms with Gasteiger partial charge in [0.1, 0.15) is 0 Å². The van der Waals surface area contributed by atoms with E-state index in [-0.39, 0.29) is 18.3 Å². The van der Waals surface area contributed by atoms with Crippen molar-refractivity contribution in [2.75, 3.05) is 0 Å². The van der Waals surface area contributed by atoms with Crippen LogP contribution in [0, 0.1) is 12.8 Å². The molecular weight excluding hydrogens is 251 g/mol. The summed E-state index contributed by atoms with van der Waals surface area (Å²) in [5.74, 6) is 0.499. The Hall–Kier alpha value is -0.805. The molecule has 4 nitrogen and oxygen atoms in total. The number of hydrogen-bond acceptors (Lipinski definition) is 3. The van der Waals surface area contributed by atoms with E-state index in [1.807, 2.05) is 17.1 Å². The van der Waals surface area contributed by atoms with Gasteiger partial charge in [-0.3, -0.25) is 4.68 Å². The zero-order chi connectivity index (χ0) is 15.1. The summed E-state index contributed by atoms with van der Waals surface area (Å²) in [7, 11) is -0.341. The maximum absolute atomic E-state index is 6.05. The lowest BCUT2D eigenvalue weighted by atomic mass is 9.82. The van der Waals surface area contributed by atoms with Crippen molar-refractivity contribution < 1.29 is 9.31 Å². The van der Waals surface area contributed by atoms with Crippen LogP contribution < -0.4 is 5.46 Å². The second-order valence-corrected chi connectivity index (χ2v) is 6.94. The molecule has 0 N–H and O–H groups in total. The van der Waals surface area contributed by atoms with Gasteiger partial charge >= 0.3 is 7.12 Å². The average molecular weight is 277 g/mol. The number of rotatable bonds is 4. The molecule has 1 fully saturated rings. The van der Waals surface area contributed by atoms with Crippen LogP contribution in [0.4, 0.5) is 0 Å². The van der Waals surface area contributed by atoms with Gasteiger partial charge in [0.25, 0.3) is 0 Å². The zero-order valence-electron chi connectivity index (χ0n) is 13.5. The summed E-state index contributed by atoms with van der Waals surface area (Å²) in [6.07, 6.45) is 4.69. The smallest absolute Gasteiger partial charge is 0.399 e. The Morgan fingerprint density at radius 1 is 1.25 bits per heavy atom. The van der Waals surface area contributed by atoms with Crippen molar-refractivity contribution >= 4 is 12.6 Å². The van der Waals surface area contributed by atoms with Crippen LogP contribution in [0.15, 0.2) is 12.4 Å². The lowest BCUT2D eigenvalue weighted by Gasteiger charge is -2.32. The van der Waals surface area contributed by atoms with Crippen molar-refractivity contribution in [3.05, 3.63) is 19.3 Å². The van der Waals surface area contributed by atoms with E-state index in [2.05, 4.69) is 53.6 Å². The second-order valence-electron chi connectivity index (χ2n) is 6.94. The van der Waals surface area contributed by atoms with Crippen LogP contribution in [0.5, 0.6) is 0 Å². The van der Waals surface area contributed by atoms with Gasteiger partial charge in [-0.25, -0.2) is 0 Å². The van der Waals surface area contributed by atoms with E-state index in [0.717, 1.165) is 11.9 Å². The highest BCUT2D eigenvalue weighted by molar-refractivity contribution is 6.61. The largest absolute Gasteiger partial charge is 0.498 e. The van der Waals surface area contributed by atoms with Crippen molar-refractivity contribution in [1.29, 1.82) is 0 Å². The fraction of sp³-hybridized carbons (Fsp3) is 0.733. The third-order valence-corrected chi connectivity index (χ3v) is 4.55. The molecule has 1 aromatic rings. The average Bonchev–Trinajstić information content (AvgIpc) is 2.84. The molecule has 1 saturated heterocycles. The van der Waals surface area contributed by atoms with Gasteiger partial charge in [-0.05, 0) is 40.0 Å². The monoisotopic (exact) mass is 277 g/mol. The van der Waals surface area contributed by atoms with Crippen LogP contribution >= 0.6 is 0 Å². The molecule has 1 aliphatic heterocycles. The lowest BCUT2D eigenvalue weighted by molar-refractivity contribution is 0.00578. The van der Waals surface area contributed by atoms with E-state index in [0.29, 0.717) is 12.0 Å². The molecule has 0 aromatic carbocycles. The summed E-state index contributed by atoms with van der Waals surface area (Å²) in [6, 6.07) is 0.311. The first-order valence-electron chi connectivity index (χ1n) is 7.37. The highest BCUT2D eigenvalue weighted by atomic mass is 16.7. The number of aromatic nitrogens is 2. The molecule has 2 heterocycles. The Morgan fingerprint density at radius 2 is 1.80 bits per heavy atom. The molecule has 2 rings (SSSR count). The minimum Gasteiger partial charge on any atom is -0.399 e. The van der Waals surface area contributed by atoms with Crippen molar-refractivity contribution in [3.63, 3.8) is 0 Å². The fourth-order valence-corrected chi connectivity index (χ4v) is 2.41. The molecule has 1 atom stereocenters. The molecule has 111 valence electrons. The SMILES string of the molecule is [CH2]CC(C(C)C)n1cc(B2OC(C)(C)C(C)(C)O2)cn1. The maximum Gasteiger partial charge on any atom is 0.498 e. The van der Waals surface area contributed by atoms with Gasteiger partial charge in [-0.1, -0.05) is 20.8 Å². The molecule has 1 unspecified atom stereocenters. The molecule has 0 saturated carbocycles. The van der Waals surface area contributed by atoms with Crippen LogP contribution in [0.25, 0.3) is 0 Å². The van der Waals surface area contributed by atoms with E-state index in [1.54, 1.807) is 0 Å². The Morgan fingerprint density at radius 3 is 2.25 bits per heavy atom. The molecule has 1 aliphatic rings. The van der Waals surface area contributed by atoms with Crippen molar-refractivity contribution in [2.45, 2.75) is 65.2 Å². The van der Waals surface area contributed by atoms with Gasteiger partial charge in [0, 0.05) is 17.9 Å². The topological polar surface area (TPSA) is 36.3 Å². The molecule has 0 aliphatic carbocycles. The third kappa shape index (κ3) is 2.66. The van der Waals surface area contributed by atoms with Crippen molar-refractivity contribution in [2.24, 2.45) is 5.92 Å². The predicted molar refractivity (Wildman–Crippen MR) is 81.8 cm³/mol. The highest BCUT2D eigenvalue weighted by Gasteiger charge is 2.52. The van der Waals surface area contributed by atoms with Crippen LogP contribution in [0.1, 0.15) is 54.0 Å². The van der Waals surface area contributed by atoms with Gasteiger partial charge < -0.3 is 9.31 Å². The predicted octanol–water partition coefficient (Wildman–Crippen LogP) is 2.60. The van der Waals surface area contributed by atoms with Gasteiger partial charge in [0.2, 0.25) is 0 Å². The van der Waals surface area contributed by atoms with Gasteiger partial charge in [-0.2, -0.15) is 5.10 Å². The minimum absolute atomic E-state index is 0.311. The van der Waals surface area contributed by atoms with Crippen molar-refractivity contribution in [3.8, 4) is 0 Å². The van der Waals surface area contributed by atoms with Crippen LogP contribution in [0.3, 0.4) is 0 Å². The Bertz CT molecular complexity index is 452. The highest BCUT2D eigenvalue weighted by Crippen LogP contribution is 2.36. The van der Waals surface area contributed by atoms with E-state index in [4.69, 9.17) is 9.31 Å².